The summed E-state index contributed by atoms with van der Waals surface area (Å²) in [5.41, 5.74) is 2.03. The summed E-state index contributed by atoms with van der Waals surface area (Å²) < 4.78 is 13.1. The second kappa shape index (κ2) is 12.2. The molecular formula is C21H30FIN6OS. The summed E-state index contributed by atoms with van der Waals surface area (Å²) in [4.78, 5) is 26.4. The predicted octanol–water partition coefficient (Wildman–Crippen LogP) is 2.92. The van der Waals surface area contributed by atoms with Crippen LogP contribution in [0, 0.1) is 19.7 Å². The maximum Gasteiger partial charge on any atom is 0.224 e. The first-order valence-corrected chi connectivity index (χ1v) is 10.9. The molecule has 2 N–H and O–H groups in total. The molecule has 2 heterocycles. The van der Waals surface area contributed by atoms with Crippen molar-refractivity contribution in [2.45, 2.75) is 26.8 Å². The van der Waals surface area contributed by atoms with Crippen molar-refractivity contribution in [1.29, 1.82) is 0 Å². The monoisotopic (exact) mass is 560 g/mol. The van der Waals surface area contributed by atoms with Crippen molar-refractivity contribution < 1.29 is 9.18 Å². The number of benzene rings is 1. The van der Waals surface area contributed by atoms with Crippen molar-refractivity contribution in [3.63, 3.8) is 0 Å². The first-order chi connectivity index (χ1) is 14.5. The third kappa shape index (κ3) is 7.30. The van der Waals surface area contributed by atoms with Gasteiger partial charge in [-0.3, -0.25) is 9.79 Å². The fourth-order valence-electron chi connectivity index (χ4n) is 3.43. The highest BCUT2D eigenvalue weighted by atomic mass is 127. The van der Waals surface area contributed by atoms with E-state index in [1.54, 1.807) is 30.5 Å². The topological polar surface area (TPSA) is 72.9 Å². The number of hydrogen-bond acceptors (Lipinski definition) is 5. The lowest BCUT2D eigenvalue weighted by Gasteiger charge is -2.36. The molecule has 0 bridgehead atoms. The molecule has 1 fully saturated rings. The van der Waals surface area contributed by atoms with Gasteiger partial charge in [-0.15, -0.1) is 35.3 Å². The van der Waals surface area contributed by atoms with E-state index in [0.29, 0.717) is 38.6 Å². The van der Waals surface area contributed by atoms with Gasteiger partial charge in [0.05, 0.1) is 17.2 Å². The zero-order valence-corrected chi connectivity index (χ0v) is 21.3. The van der Waals surface area contributed by atoms with Gasteiger partial charge in [0.25, 0.3) is 0 Å². The Bertz CT molecular complexity index is 880. The Hall–Kier alpha value is -1.95. The number of thiazole rings is 1. The highest BCUT2D eigenvalue weighted by Crippen LogP contribution is 2.17. The Morgan fingerprint density at radius 3 is 2.42 bits per heavy atom. The van der Waals surface area contributed by atoms with Crippen molar-refractivity contribution in [2.75, 3.05) is 44.7 Å². The molecule has 7 nitrogen and oxygen atoms in total. The van der Waals surface area contributed by atoms with Crippen molar-refractivity contribution in [1.82, 2.24) is 20.5 Å². The molecule has 10 heteroatoms. The summed E-state index contributed by atoms with van der Waals surface area (Å²) in [6.45, 7) is 8.04. The van der Waals surface area contributed by atoms with Crippen LogP contribution in [0.15, 0.2) is 29.3 Å². The molecule has 0 radical (unpaired) electrons. The minimum atomic E-state index is -0.234. The summed E-state index contributed by atoms with van der Waals surface area (Å²) in [5.74, 6) is 0.571. The van der Waals surface area contributed by atoms with E-state index in [0.717, 1.165) is 29.5 Å². The summed E-state index contributed by atoms with van der Waals surface area (Å²) >= 11 is 1.67. The van der Waals surface area contributed by atoms with E-state index in [1.807, 2.05) is 18.7 Å². The van der Waals surface area contributed by atoms with Gasteiger partial charge in [-0.05, 0) is 38.1 Å². The van der Waals surface area contributed by atoms with Gasteiger partial charge >= 0.3 is 0 Å². The van der Waals surface area contributed by atoms with Crippen molar-refractivity contribution in [3.8, 4) is 0 Å². The number of amides is 1. The van der Waals surface area contributed by atoms with Gasteiger partial charge in [0, 0.05) is 56.8 Å². The summed E-state index contributed by atoms with van der Waals surface area (Å²) in [6, 6.07) is 6.50. The quantitative estimate of drug-likeness (QED) is 0.323. The normalized spacial score (nSPS) is 14.3. The van der Waals surface area contributed by atoms with Crippen LogP contribution in [0.2, 0.25) is 0 Å². The smallest absolute Gasteiger partial charge is 0.224 e. The van der Waals surface area contributed by atoms with Gasteiger partial charge in [-0.1, -0.05) is 0 Å². The summed E-state index contributed by atoms with van der Waals surface area (Å²) in [6.07, 6.45) is 0.413. The van der Waals surface area contributed by atoms with Gasteiger partial charge in [0.1, 0.15) is 5.82 Å². The standard InChI is InChI=1S/C21H29FN6OS.HI/c1-15-19(30-16(2)26-15)14-25-21(23-3)24-9-8-20(29)28-12-10-27(11-13-28)18-6-4-17(22)5-7-18;/h4-7H,8-14H2,1-3H3,(H2,23,24,25);1H. The van der Waals surface area contributed by atoms with E-state index < -0.39 is 0 Å². The van der Waals surface area contributed by atoms with Crippen LogP contribution in [0.25, 0.3) is 0 Å². The molecule has 1 amide bonds. The van der Waals surface area contributed by atoms with Gasteiger partial charge < -0.3 is 20.4 Å². The Balaban J connectivity index is 0.00000341. The van der Waals surface area contributed by atoms with Gasteiger partial charge in [0.2, 0.25) is 5.91 Å². The van der Waals surface area contributed by atoms with Crippen molar-refractivity contribution >= 4 is 52.9 Å². The van der Waals surface area contributed by atoms with Crippen LogP contribution in [0.3, 0.4) is 0 Å². The number of guanidine groups is 1. The van der Waals surface area contributed by atoms with Crippen LogP contribution in [-0.4, -0.2) is 61.5 Å². The Morgan fingerprint density at radius 1 is 1.16 bits per heavy atom. The molecule has 0 atom stereocenters. The molecule has 1 aromatic heterocycles. The number of halogens is 2. The molecule has 1 aliphatic heterocycles. The molecular weight excluding hydrogens is 530 g/mol. The number of nitrogens with one attached hydrogen (secondary N) is 2. The van der Waals surface area contributed by atoms with E-state index in [2.05, 4.69) is 25.5 Å². The number of carbonyl (C=O) groups is 1. The molecule has 0 saturated carbocycles. The van der Waals surface area contributed by atoms with Crippen molar-refractivity contribution in [3.05, 3.63) is 45.7 Å². The number of piperazine rings is 1. The van der Waals surface area contributed by atoms with Gasteiger partial charge in [-0.25, -0.2) is 9.37 Å². The number of anilines is 1. The van der Waals surface area contributed by atoms with Crippen LogP contribution in [0.4, 0.5) is 10.1 Å². The number of rotatable bonds is 6. The number of aliphatic imine (C=N–C) groups is 1. The van der Waals surface area contributed by atoms with Crippen LogP contribution in [0.1, 0.15) is 22.0 Å². The van der Waals surface area contributed by atoms with Gasteiger partial charge in [0.15, 0.2) is 5.96 Å². The zero-order chi connectivity index (χ0) is 21.5. The highest BCUT2D eigenvalue weighted by molar-refractivity contribution is 14.0. The highest BCUT2D eigenvalue weighted by Gasteiger charge is 2.21. The number of carbonyl (C=O) groups excluding carboxylic acids is 1. The lowest BCUT2D eigenvalue weighted by molar-refractivity contribution is -0.131. The molecule has 3 rings (SSSR count). The summed E-state index contributed by atoms with van der Waals surface area (Å²) in [7, 11) is 1.72. The van der Waals surface area contributed by atoms with Crippen LogP contribution >= 0.6 is 35.3 Å². The average molecular weight is 560 g/mol. The SMILES string of the molecule is CN=C(NCCC(=O)N1CCN(c2ccc(F)cc2)CC1)NCc1sc(C)nc1C.I. The number of aryl methyl sites for hydroxylation is 2. The first kappa shape index (κ1) is 25.3. The molecule has 0 unspecified atom stereocenters. The van der Waals surface area contributed by atoms with E-state index in [4.69, 9.17) is 0 Å². The minimum absolute atomic E-state index is 0. The maximum absolute atomic E-state index is 13.1. The van der Waals surface area contributed by atoms with Gasteiger partial charge in [-0.2, -0.15) is 0 Å². The first-order valence-electron chi connectivity index (χ1n) is 10.1. The van der Waals surface area contributed by atoms with E-state index >= 15 is 0 Å². The molecule has 31 heavy (non-hydrogen) atoms. The summed E-state index contributed by atoms with van der Waals surface area (Å²) in [5, 5.41) is 7.53. The lowest BCUT2D eigenvalue weighted by atomic mass is 10.2. The van der Waals surface area contributed by atoms with Crippen LogP contribution < -0.4 is 15.5 Å². The lowest BCUT2D eigenvalue weighted by Crippen LogP contribution is -2.49. The largest absolute Gasteiger partial charge is 0.368 e. The molecule has 1 saturated heterocycles. The molecule has 1 aromatic carbocycles. The molecule has 2 aromatic rings. The molecule has 170 valence electrons. The van der Waals surface area contributed by atoms with E-state index in [1.165, 1.54) is 17.0 Å². The predicted molar refractivity (Wildman–Crippen MR) is 135 cm³/mol. The third-order valence-electron chi connectivity index (χ3n) is 5.10. The number of nitrogens with zero attached hydrogens (tertiary/aromatic N) is 4. The van der Waals surface area contributed by atoms with Crippen molar-refractivity contribution in [2.24, 2.45) is 4.99 Å². The van der Waals surface area contributed by atoms with Crippen LogP contribution in [0.5, 0.6) is 0 Å². The zero-order valence-electron chi connectivity index (χ0n) is 18.2. The molecule has 1 aliphatic rings. The molecule has 0 spiro atoms. The number of aromatic nitrogens is 1. The Morgan fingerprint density at radius 2 is 1.84 bits per heavy atom. The van der Waals surface area contributed by atoms with E-state index in [9.17, 15) is 9.18 Å². The Labute approximate surface area is 204 Å². The molecule has 0 aliphatic carbocycles. The minimum Gasteiger partial charge on any atom is -0.368 e. The van der Waals surface area contributed by atoms with Crippen LogP contribution in [-0.2, 0) is 11.3 Å². The second-order valence-electron chi connectivity index (χ2n) is 7.19. The average Bonchev–Trinajstić information content (AvgIpc) is 3.08. The van der Waals surface area contributed by atoms with E-state index in [-0.39, 0.29) is 35.7 Å². The Kier molecular flexibility index (Phi) is 9.94. The third-order valence-corrected chi connectivity index (χ3v) is 6.17. The maximum atomic E-state index is 13.1. The second-order valence-corrected chi connectivity index (χ2v) is 8.48. The fourth-order valence-corrected chi connectivity index (χ4v) is 4.31. The fraction of sp³-hybridized carbons (Fsp3) is 0.476. The number of hydrogen-bond donors (Lipinski definition) is 2.